The quantitative estimate of drug-likeness (QED) is 0.768. The molecule has 0 saturated carbocycles. The topological polar surface area (TPSA) is 29.5 Å². The zero-order chi connectivity index (χ0) is 11.8. The summed E-state index contributed by atoms with van der Waals surface area (Å²) in [5.74, 6) is 0.821. The number of carbonyl (C=O) groups excluding carboxylic acids is 1. The second kappa shape index (κ2) is 4.42. The molecule has 1 amide bonds. The second-order valence-electron chi connectivity index (χ2n) is 4.99. The molecule has 1 aliphatic carbocycles. The van der Waals surface area contributed by atoms with Crippen LogP contribution < -0.4 is 0 Å². The van der Waals surface area contributed by atoms with Gasteiger partial charge in [-0.05, 0) is 37.2 Å². The highest BCUT2D eigenvalue weighted by atomic mass is 32.1. The first kappa shape index (κ1) is 11.2. The molecule has 1 atom stereocenters. The lowest BCUT2D eigenvalue weighted by Gasteiger charge is -2.20. The van der Waals surface area contributed by atoms with Gasteiger partial charge >= 0.3 is 0 Å². The summed E-state index contributed by atoms with van der Waals surface area (Å²) in [4.78, 5) is 19.0. The first-order valence-corrected chi connectivity index (χ1v) is 7.17. The van der Waals surface area contributed by atoms with E-state index in [0.29, 0.717) is 6.61 Å². The Morgan fingerprint density at radius 3 is 3.24 bits per heavy atom. The van der Waals surface area contributed by atoms with Gasteiger partial charge in [0, 0.05) is 10.3 Å². The molecule has 4 heteroatoms. The maximum atomic E-state index is 12.3. The van der Waals surface area contributed by atoms with E-state index in [1.807, 2.05) is 5.38 Å². The van der Waals surface area contributed by atoms with E-state index in [2.05, 4.69) is 6.92 Å². The van der Waals surface area contributed by atoms with Gasteiger partial charge in [0.05, 0.1) is 18.7 Å². The number of fused-ring (bicyclic) bond motifs is 1. The van der Waals surface area contributed by atoms with Crippen molar-refractivity contribution in [3.63, 3.8) is 0 Å². The predicted octanol–water partition coefficient (Wildman–Crippen LogP) is 2.65. The lowest BCUT2D eigenvalue weighted by molar-refractivity contribution is -0.0768. The van der Waals surface area contributed by atoms with E-state index in [0.717, 1.165) is 37.3 Å². The van der Waals surface area contributed by atoms with Gasteiger partial charge in [0.15, 0.2) is 0 Å². The number of amides is 1. The van der Waals surface area contributed by atoms with Crippen molar-refractivity contribution in [1.29, 1.82) is 0 Å². The molecular formula is C13H17NO2S. The molecule has 17 heavy (non-hydrogen) atoms. The van der Waals surface area contributed by atoms with E-state index in [4.69, 9.17) is 4.84 Å². The van der Waals surface area contributed by atoms with Gasteiger partial charge in [-0.2, -0.15) is 0 Å². The third-order valence-electron chi connectivity index (χ3n) is 3.61. The van der Waals surface area contributed by atoms with E-state index in [1.54, 1.807) is 11.3 Å². The molecule has 1 aliphatic heterocycles. The summed E-state index contributed by atoms with van der Waals surface area (Å²) < 4.78 is 0. The van der Waals surface area contributed by atoms with Crippen LogP contribution in [0.3, 0.4) is 0 Å². The minimum Gasteiger partial charge on any atom is -0.271 e. The molecule has 2 aliphatic rings. The van der Waals surface area contributed by atoms with Crippen molar-refractivity contribution in [1.82, 2.24) is 5.06 Å². The van der Waals surface area contributed by atoms with Crippen LogP contribution >= 0.6 is 11.3 Å². The Bertz CT molecular complexity index is 435. The Morgan fingerprint density at radius 1 is 1.59 bits per heavy atom. The Hall–Kier alpha value is -0.870. The third kappa shape index (κ3) is 2.00. The minimum absolute atomic E-state index is 0.0644. The number of hydroxylamine groups is 2. The van der Waals surface area contributed by atoms with Crippen LogP contribution in [-0.4, -0.2) is 24.1 Å². The number of nitrogens with zero attached hydrogens (tertiary/aromatic N) is 1. The summed E-state index contributed by atoms with van der Waals surface area (Å²) in [7, 11) is 0. The van der Waals surface area contributed by atoms with Crippen molar-refractivity contribution in [2.24, 2.45) is 5.92 Å². The Morgan fingerprint density at radius 2 is 2.47 bits per heavy atom. The number of carbonyl (C=O) groups is 1. The molecule has 0 N–H and O–H groups in total. The van der Waals surface area contributed by atoms with Gasteiger partial charge in [0.25, 0.3) is 5.91 Å². The monoisotopic (exact) mass is 251 g/mol. The van der Waals surface area contributed by atoms with Crippen LogP contribution in [0.1, 0.15) is 40.6 Å². The summed E-state index contributed by atoms with van der Waals surface area (Å²) in [6.07, 6.45) is 4.34. The van der Waals surface area contributed by atoms with Crippen LogP contribution in [0, 0.1) is 5.92 Å². The van der Waals surface area contributed by atoms with E-state index in [-0.39, 0.29) is 5.91 Å². The molecular weight excluding hydrogens is 234 g/mol. The fourth-order valence-electron chi connectivity index (χ4n) is 2.60. The van der Waals surface area contributed by atoms with E-state index < -0.39 is 0 Å². The molecule has 92 valence electrons. The number of rotatable bonds is 1. The standard InChI is InChI=1S/C13H17NO2S/c1-9-3-4-10-11(8-17-12(10)7-9)13(15)14-5-2-6-16-14/h8-9H,2-7H2,1H3. The van der Waals surface area contributed by atoms with Crippen molar-refractivity contribution in [3.8, 4) is 0 Å². The molecule has 3 nitrogen and oxygen atoms in total. The van der Waals surface area contributed by atoms with E-state index >= 15 is 0 Å². The number of hydrogen-bond acceptors (Lipinski definition) is 3. The summed E-state index contributed by atoms with van der Waals surface area (Å²) in [5, 5.41) is 3.55. The maximum absolute atomic E-state index is 12.3. The first-order valence-electron chi connectivity index (χ1n) is 6.29. The Labute approximate surface area is 105 Å². The molecule has 2 heterocycles. The summed E-state index contributed by atoms with van der Waals surface area (Å²) in [5.41, 5.74) is 2.17. The van der Waals surface area contributed by atoms with Crippen LogP contribution in [0.25, 0.3) is 0 Å². The van der Waals surface area contributed by atoms with Crippen LogP contribution in [0.4, 0.5) is 0 Å². The molecule has 1 unspecified atom stereocenters. The average molecular weight is 251 g/mol. The molecule has 0 aromatic carbocycles. The van der Waals surface area contributed by atoms with E-state index in [9.17, 15) is 4.79 Å². The fraction of sp³-hybridized carbons (Fsp3) is 0.615. The van der Waals surface area contributed by atoms with Crippen LogP contribution in [-0.2, 0) is 17.7 Å². The maximum Gasteiger partial charge on any atom is 0.278 e. The van der Waals surface area contributed by atoms with Gasteiger partial charge in [-0.3, -0.25) is 9.63 Å². The van der Waals surface area contributed by atoms with Gasteiger partial charge < -0.3 is 0 Å². The van der Waals surface area contributed by atoms with Crippen molar-refractivity contribution in [2.75, 3.05) is 13.2 Å². The highest BCUT2D eigenvalue weighted by Crippen LogP contribution is 2.33. The first-order chi connectivity index (χ1) is 8.25. The zero-order valence-corrected chi connectivity index (χ0v) is 10.9. The normalized spacial score (nSPS) is 23.8. The lowest BCUT2D eigenvalue weighted by atomic mass is 9.88. The zero-order valence-electron chi connectivity index (χ0n) is 10.1. The minimum atomic E-state index is 0.0644. The highest BCUT2D eigenvalue weighted by molar-refractivity contribution is 7.10. The van der Waals surface area contributed by atoms with Crippen LogP contribution in [0.15, 0.2) is 5.38 Å². The van der Waals surface area contributed by atoms with Gasteiger partial charge in [0.2, 0.25) is 0 Å². The van der Waals surface area contributed by atoms with Gasteiger partial charge in [0.1, 0.15) is 0 Å². The largest absolute Gasteiger partial charge is 0.278 e. The van der Waals surface area contributed by atoms with E-state index in [1.165, 1.54) is 21.9 Å². The molecule has 1 aromatic rings. The highest BCUT2D eigenvalue weighted by Gasteiger charge is 2.27. The molecule has 1 saturated heterocycles. The van der Waals surface area contributed by atoms with Gasteiger partial charge in [-0.25, -0.2) is 5.06 Å². The average Bonchev–Trinajstić information content (AvgIpc) is 2.96. The molecule has 1 aromatic heterocycles. The summed E-state index contributed by atoms with van der Waals surface area (Å²) >= 11 is 1.74. The fourth-order valence-corrected chi connectivity index (χ4v) is 3.84. The van der Waals surface area contributed by atoms with Crippen molar-refractivity contribution in [2.45, 2.75) is 32.6 Å². The summed E-state index contributed by atoms with van der Waals surface area (Å²) in [6, 6.07) is 0. The third-order valence-corrected chi connectivity index (χ3v) is 4.66. The Balaban J connectivity index is 1.86. The van der Waals surface area contributed by atoms with Crippen molar-refractivity contribution in [3.05, 3.63) is 21.4 Å². The molecule has 0 spiro atoms. The number of hydrogen-bond donors (Lipinski definition) is 0. The number of thiophene rings is 1. The van der Waals surface area contributed by atoms with Crippen LogP contribution in [0.5, 0.6) is 0 Å². The Kier molecular flexibility index (Phi) is 2.92. The van der Waals surface area contributed by atoms with Crippen molar-refractivity contribution >= 4 is 17.2 Å². The lowest BCUT2D eigenvalue weighted by Crippen LogP contribution is -2.27. The smallest absolute Gasteiger partial charge is 0.271 e. The summed E-state index contributed by atoms with van der Waals surface area (Å²) in [6.45, 7) is 3.70. The van der Waals surface area contributed by atoms with Crippen LogP contribution in [0.2, 0.25) is 0 Å². The second-order valence-corrected chi connectivity index (χ2v) is 5.96. The van der Waals surface area contributed by atoms with Crippen molar-refractivity contribution < 1.29 is 9.63 Å². The SMILES string of the molecule is CC1CCc2c(C(=O)N3CCCO3)csc2C1. The van der Waals surface area contributed by atoms with Gasteiger partial charge in [-0.1, -0.05) is 6.92 Å². The molecule has 1 fully saturated rings. The predicted molar refractivity (Wildman–Crippen MR) is 67.1 cm³/mol. The molecule has 3 rings (SSSR count). The molecule has 0 bridgehead atoms. The molecule has 0 radical (unpaired) electrons. The van der Waals surface area contributed by atoms with Gasteiger partial charge in [-0.15, -0.1) is 11.3 Å².